The number of hydrogen-bond acceptors (Lipinski definition) is 2. The van der Waals surface area contributed by atoms with Crippen LogP contribution in [-0.4, -0.2) is 28.6 Å². The lowest BCUT2D eigenvalue weighted by molar-refractivity contribution is -0.142. The van der Waals surface area contributed by atoms with Crippen molar-refractivity contribution in [1.29, 1.82) is 0 Å². The summed E-state index contributed by atoms with van der Waals surface area (Å²) in [4.78, 5) is 13.1. The van der Waals surface area contributed by atoms with E-state index in [0.29, 0.717) is 0 Å². The molecule has 0 saturated carbocycles. The van der Waals surface area contributed by atoms with Crippen LogP contribution in [0.1, 0.15) is 18.4 Å². The molecule has 0 radical (unpaired) electrons. The SMILES string of the molecule is O=C(O)[C@@H]1CCCN1Cc1ccccc1I. The van der Waals surface area contributed by atoms with E-state index in [4.69, 9.17) is 5.11 Å². The molecule has 0 unspecified atom stereocenters. The standard InChI is InChI=1S/C12H14INO2/c13-10-5-2-1-4-9(10)8-14-7-3-6-11(14)12(15)16/h1-2,4-5,11H,3,6-8H2,(H,15,16)/t11-/m0/s1. The van der Waals surface area contributed by atoms with Gasteiger partial charge in [-0.2, -0.15) is 0 Å². The van der Waals surface area contributed by atoms with Crippen molar-refractivity contribution >= 4 is 28.6 Å². The fourth-order valence-electron chi connectivity index (χ4n) is 2.14. The van der Waals surface area contributed by atoms with Crippen molar-refractivity contribution in [3.8, 4) is 0 Å². The first-order valence-electron chi connectivity index (χ1n) is 5.39. The van der Waals surface area contributed by atoms with E-state index in [1.807, 2.05) is 12.1 Å². The number of likely N-dealkylation sites (tertiary alicyclic amines) is 1. The first-order chi connectivity index (χ1) is 7.68. The normalized spacial score (nSPS) is 21.2. The first kappa shape index (κ1) is 11.9. The van der Waals surface area contributed by atoms with Crippen LogP contribution in [0.4, 0.5) is 0 Å². The van der Waals surface area contributed by atoms with Crippen LogP contribution in [0.25, 0.3) is 0 Å². The predicted octanol–water partition coefficient (Wildman–Crippen LogP) is 2.34. The minimum absolute atomic E-state index is 0.295. The predicted molar refractivity (Wildman–Crippen MR) is 70.2 cm³/mol. The summed E-state index contributed by atoms with van der Waals surface area (Å²) in [6.07, 6.45) is 1.76. The highest BCUT2D eigenvalue weighted by molar-refractivity contribution is 14.1. The number of nitrogens with zero attached hydrogens (tertiary/aromatic N) is 1. The van der Waals surface area contributed by atoms with Crippen molar-refractivity contribution in [2.24, 2.45) is 0 Å². The molecule has 0 aliphatic carbocycles. The van der Waals surface area contributed by atoms with E-state index < -0.39 is 5.97 Å². The summed E-state index contributed by atoms with van der Waals surface area (Å²) in [5.41, 5.74) is 1.22. The third-order valence-electron chi connectivity index (χ3n) is 2.98. The zero-order chi connectivity index (χ0) is 11.5. The highest BCUT2D eigenvalue weighted by Gasteiger charge is 2.30. The number of rotatable bonds is 3. The van der Waals surface area contributed by atoms with Crippen LogP contribution in [0.3, 0.4) is 0 Å². The number of carbonyl (C=O) groups is 1. The summed E-state index contributed by atoms with van der Waals surface area (Å²) in [7, 11) is 0. The van der Waals surface area contributed by atoms with Crippen LogP contribution in [0.15, 0.2) is 24.3 Å². The van der Waals surface area contributed by atoms with Crippen molar-refractivity contribution in [1.82, 2.24) is 4.90 Å². The Labute approximate surface area is 109 Å². The van der Waals surface area contributed by atoms with E-state index in [1.54, 1.807) is 0 Å². The van der Waals surface area contributed by atoms with Gasteiger partial charge >= 0.3 is 5.97 Å². The van der Waals surface area contributed by atoms with Gasteiger partial charge in [-0.3, -0.25) is 9.69 Å². The molecule has 0 bridgehead atoms. The summed E-state index contributed by atoms with van der Waals surface area (Å²) in [6.45, 7) is 1.64. The lowest BCUT2D eigenvalue weighted by Crippen LogP contribution is -2.35. The van der Waals surface area contributed by atoms with E-state index >= 15 is 0 Å². The highest BCUT2D eigenvalue weighted by Crippen LogP contribution is 2.22. The van der Waals surface area contributed by atoms with Crippen molar-refractivity contribution in [3.05, 3.63) is 33.4 Å². The first-order valence-corrected chi connectivity index (χ1v) is 6.46. The maximum absolute atomic E-state index is 11.0. The Balaban J connectivity index is 2.10. The molecule has 0 aromatic heterocycles. The molecule has 1 fully saturated rings. The Morgan fingerprint density at radius 2 is 2.25 bits per heavy atom. The second-order valence-electron chi connectivity index (χ2n) is 4.06. The molecular weight excluding hydrogens is 317 g/mol. The maximum atomic E-state index is 11.0. The van der Waals surface area contributed by atoms with Crippen LogP contribution >= 0.6 is 22.6 Å². The van der Waals surface area contributed by atoms with Crippen LogP contribution in [0.2, 0.25) is 0 Å². The smallest absolute Gasteiger partial charge is 0.320 e. The number of carboxylic acid groups (broad SMARTS) is 1. The highest BCUT2D eigenvalue weighted by atomic mass is 127. The van der Waals surface area contributed by atoms with E-state index in [2.05, 4.69) is 39.6 Å². The van der Waals surface area contributed by atoms with E-state index in [9.17, 15) is 4.79 Å². The number of carboxylic acids is 1. The number of halogens is 1. The summed E-state index contributed by atoms with van der Waals surface area (Å²) in [6, 6.07) is 7.84. The van der Waals surface area contributed by atoms with Gasteiger partial charge in [0.2, 0.25) is 0 Å². The fraction of sp³-hybridized carbons (Fsp3) is 0.417. The molecule has 1 aromatic carbocycles. The van der Waals surface area contributed by atoms with Gasteiger partial charge < -0.3 is 5.11 Å². The van der Waals surface area contributed by atoms with Crippen molar-refractivity contribution in [2.75, 3.05) is 6.54 Å². The van der Waals surface area contributed by atoms with E-state index in [1.165, 1.54) is 9.13 Å². The van der Waals surface area contributed by atoms with Gasteiger partial charge in [-0.1, -0.05) is 18.2 Å². The molecule has 3 nitrogen and oxygen atoms in total. The average Bonchev–Trinajstić information content (AvgIpc) is 2.69. The number of aliphatic carboxylic acids is 1. The summed E-state index contributed by atoms with van der Waals surface area (Å²) in [5.74, 6) is -0.691. The van der Waals surface area contributed by atoms with Gasteiger partial charge in [-0.05, 0) is 53.6 Å². The largest absolute Gasteiger partial charge is 0.480 e. The van der Waals surface area contributed by atoms with E-state index in [-0.39, 0.29) is 6.04 Å². The molecule has 1 heterocycles. The second-order valence-corrected chi connectivity index (χ2v) is 5.22. The summed E-state index contributed by atoms with van der Waals surface area (Å²) >= 11 is 2.30. The van der Waals surface area contributed by atoms with E-state index in [0.717, 1.165) is 25.9 Å². The molecule has 2 rings (SSSR count). The van der Waals surface area contributed by atoms with Gasteiger partial charge in [0.05, 0.1) is 0 Å². The van der Waals surface area contributed by atoms with Gasteiger partial charge in [0.1, 0.15) is 6.04 Å². The van der Waals surface area contributed by atoms with Crippen molar-refractivity contribution in [3.63, 3.8) is 0 Å². The zero-order valence-electron chi connectivity index (χ0n) is 8.90. The zero-order valence-corrected chi connectivity index (χ0v) is 11.1. The third kappa shape index (κ3) is 2.55. The Morgan fingerprint density at radius 1 is 1.50 bits per heavy atom. The molecule has 16 heavy (non-hydrogen) atoms. The minimum atomic E-state index is -0.691. The quantitative estimate of drug-likeness (QED) is 0.865. The van der Waals surface area contributed by atoms with Gasteiger partial charge in [0, 0.05) is 10.1 Å². The molecule has 0 amide bonds. The molecule has 1 aliphatic heterocycles. The van der Waals surface area contributed by atoms with Crippen LogP contribution in [0, 0.1) is 3.57 Å². The van der Waals surface area contributed by atoms with Gasteiger partial charge in [0.15, 0.2) is 0 Å². The molecule has 86 valence electrons. The van der Waals surface area contributed by atoms with Crippen LogP contribution in [0.5, 0.6) is 0 Å². The molecule has 1 atom stereocenters. The minimum Gasteiger partial charge on any atom is -0.480 e. The topological polar surface area (TPSA) is 40.5 Å². The molecule has 4 heteroatoms. The average molecular weight is 331 g/mol. The maximum Gasteiger partial charge on any atom is 0.320 e. The Kier molecular flexibility index (Phi) is 3.81. The van der Waals surface area contributed by atoms with Crippen molar-refractivity contribution < 1.29 is 9.90 Å². The second kappa shape index (κ2) is 5.14. The molecule has 0 spiro atoms. The summed E-state index contributed by atoms with van der Waals surface area (Å²) in [5, 5.41) is 9.09. The van der Waals surface area contributed by atoms with Gasteiger partial charge in [-0.25, -0.2) is 0 Å². The lowest BCUT2D eigenvalue weighted by Gasteiger charge is -2.21. The number of benzene rings is 1. The molecule has 1 saturated heterocycles. The molecular formula is C12H14INO2. The number of hydrogen-bond donors (Lipinski definition) is 1. The molecule has 1 aromatic rings. The van der Waals surface area contributed by atoms with Gasteiger partial charge in [0.25, 0.3) is 0 Å². The Hall–Kier alpha value is -0.620. The van der Waals surface area contributed by atoms with Gasteiger partial charge in [-0.15, -0.1) is 0 Å². The fourth-order valence-corrected chi connectivity index (χ4v) is 2.70. The van der Waals surface area contributed by atoms with Crippen molar-refractivity contribution in [2.45, 2.75) is 25.4 Å². The monoisotopic (exact) mass is 331 g/mol. The molecule has 1 N–H and O–H groups in total. The Bertz CT molecular complexity index is 394. The molecule has 1 aliphatic rings. The van der Waals surface area contributed by atoms with Crippen LogP contribution < -0.4 is 0 Å². The lowest BCUT2D eigenvalue weighted by atomic mass is 10.2. The van der Waals surface area contributed by atoms with Crippen LogP contribution in [-0.2, 0) is 11.3 Å². The Morgan fingerprint density at radius 3 is 2.94 bits per heavy atom. The summed E-state index contributed by atoms with van der Waals surface area (Å²) < 4.78 is 1.20. The third-order valence-corrected chi connectivity index (χ3v) is 4.03.